The SMILES string of the molecule is c1cc(-c2cccc(-c3cccc4c3Cc3ccccc3-4)c2)cc(-c2cccc3c2Cc2ccccc2-3)c1. The molecule has 0 aromatic heterocycles. The smallest absolute Gasteiger partial charge is 0.000729 e. The van der Waals surface area contributed by atoms with Gasteiger partial charge >= 0.3 is 0 Å². The maximum atomic E-state index is 2.36. The van der Waals surface area contributed by atoms with Crippen molar-refractivity contribution in [1.29, 1.82) is 0 Å². The zero-order valence-electron chi connectivity index (χ0n) is 21.1. The first-order valence-corrected chi connectivity index (χ1v) is 13.4. The fourth-order valence-electron chi connectivity index (χ4n) is 6.59. The Hall–Kier alpha value is -4.68. The van der Waals surface area contributed by atoms with Gasteiger partial charge in [-0.15, -0.1) is 0 Å². The van der Waals surface area contributed by atoms with Crippen LogP contribution in [0.1, 0.15) is 22.3 Å². The zero-order valence-corrected chi connectivity index (χ0v) is 21.1. The second-order valence-corrected chi connectivity index (χ2v) is 10.5. The van der Waals surface area contributed by atoms with Crippen molar-refractivity contribution < 1.29 is 0 Å². The first kappa shape index (κ1) is 21.4. The third-order valence-corrected chi connectivity index (χ3v) is 8.38. The minimum Gasteiger partial charge on any atom is -0.0619 e. The number of rotatable bonds is 3. The maximum absolute atomic E-state index is 2.36. The van der Waals surface area contributed by atoms with Crippen LogP contribution in [-0.2, 0) is 12.8 Å². The van der Waals surface area contributed by atoms with Gasteiger partial charge in [-0.25, -0.2) is 0 Å². The number of fused-ring (bicyclic) bond motifs is 6. The lowest BCUT2D eigenvalue weighted by Gasteiger charge is -2.13. The maximum Gasteiger partial charge on any atom is -0.000729 e. The van der Waals surface area contributed by atoms with Crippen molar-refractivity contribution in [2.75, 3.05) is 0 Å². The van der Waals surface area contributed by atoms with E-state index in [0.29, 0.717) is 0 Å². The Labute approximate surface area is 223 Å². The van der Waals surface area contributed by atoms with Gasteiger partial charge in [0.15, 0.2) is 0 Å². The molecule has 0 atom stereocenters. The number of hydrogen-bond donors (Lipinski definition) is 0. The lowest BCUT2D eigenvalue weighted by molar-refractivity contribution is 1.26. The average molecular weight is 483 g/mol. The van der Waals surface area contributed by atoms with Gasteiger partial charge in [-0.2, -0.15) is 0 Å². The summed E-state index contributed by atoms with van der Waals surface area (Å²) in [5.41, 5.74) is 19.0. The summed E-state index contributed by atoms with van der Waals surface area (Å²) < 4.78 is 0. The molecule has 2 aliphatic rings. The molecule has 0 aliphatic heterocycles. The summed E-state index contributed by atoms with van der Waals surface area (Å²) in [6, 6.07) is 49.3. The molecule has 0 amide bonds. The molecule has 0 radical (unpaired) electrons. The Balaban J connectivity index is 1.19. The minimum atomic E-state index is 1.00. The lowest BCUT2D eigenvalue weighted by atomic mass is 9.91. The molecule has 178 valence electrons. The van der Waals surface area contributed by atoms with Gasteiger partial charge in [0.25, 0.3) is 0 Å². The first-order valence-electron chi connectivity index (χ1n) is 13.4. The van der Waals surface area contributed by atoms with Crippen LogP contribution in [-0.4, -0.2) is 0 Å². The van der Waals surface area contributed by atoms with Gasteiger partial charge in [0.05, 0.1) is 0 Å². The van der Waals surface area contributed by atoms with Crippen molar-refractivity contribution in [3.05, 3.63) is 156 Å². The highest BCUT2D eigenvalue weighted by Gasteiger charge is 2.22. The molecule has 0 unspecified atom stereocenters. The van der Waals surface area contributed by atoms with Crippen LogP contribution in [0, 0.1) is 0 Å². The molecule has 0 heterocycles. The molecule has 2 aliphatic carbocycles. The van der Waals surface area contributed by atoms with Crippen LogP contribution in [0.2, 0.25) is 0 Å². The Morgan fingerprint density at radius 3 is 1.16 bits per heavy atom. The molecule has 0 spiro atoms. The topological polar surface area (TPSA) is 0 Å². The van der Waals surface area contributed by atoms with E-state index in [2.05, 4.69) is 133 Å². The standard InChI is InChI=1S/C38H26/c1-3-15-31-29(9-1)23-37-33(17-7-19-35(31)37)27-13-5-11-25(21-27)26-12-6-14-28(22-26)34-18-8-20-36-32-16-4-2-10-30(32)24-38(34)36/h1-22H,23-24H2. The summed E-state index contributed by atoms with van der Waals surface area (Å²) >= 11 is 0. The van der Waals surface area contributed by atoms with Crippen LogP contribution >= 0.6 is 0 Å². The lowest BCUT2D eigenvalue weighted by Crippen LogP contribution is -1.90. The van der Waals surface area contributed by atoms with Gasteiger partial charge < -0.3 is 0 Å². The third-order valence-electron chi connectivity index (χ3n) is 8.38. The van der Waals surface area contributed by atoms with Crippen LogP contribution in [0.25, 0.3) is 55.6 Å². The Kier molecular flexibility index (Phi) is 4.75. The molecule has 0 nitrogen and oxygen atoms in total. The van der Waals surface area contributed by atoms with Crippen molar-refractivity contribution >= 4 is 0 Å². The summed E-state index contributed by atoms with van der Waals surface area (Å²) in [6.45, 7) is 0. The van der Waals surface area contributed by atoms with Crippen LogP contribution in [0.4, 0.5) is 0 Å². The molecule has 0 saturated carbocycles. The fourth-order valence-corrected chi connectivity index (χ4v) is 6.59. The van der Waals surface area contributed by atoms with Crippen molar-refractivity contribution in [2.24, 2.45) is 0 Å². The summed E-state index contributed by atoms with van der Waals surface area (Å²) in [5, 5.41) is 0. The molecule has 38 heavy (non-hydrogen) atoms. The first-order chi connectivity index (χ1) is 18.8. The predicted octanol–water partition coefficient (Wildman–Crippen LogP) is 9.83. The fraction of sp³-hybridized carbons (Fsp3) is 0.0526. The summed E-state index contributed by atoms with van der Waals surface area (Å²) in [5.74, 6) is 0. The molecule has 0 bridgehead atoms. The van der Waals surface area contributed by atoms with E-state index in [1.54, 1.807) is 0 Å². The Bertz CT molecular complexity index is 1730. The highest BCUT2D eigenvalue weighted by molar-refractivity contribution is 5.88. The van der Waals surface area contributed by atoms with E-state index < -0.39 is 0 Å². The van der Waals surface area contributed by atoms with Gasteiger partial charge in [-0.1, -0.05) is 121 Å². The molecule has 6 aromatic rings. The van der Waals surface area contributed by atoms with Crippen molar-refractivity contribution in [2.45, 2.75) is 12.8 Å². The molecule has 0 N–H and O–H groups in total. The molecule has 8 rings (SSSR count). The normalized spacial score (nSPS) is 12.5. The van der Waals surface area contributed by atoms with Crippen LogP contribution in [0.15, 0.2) is 133 Å². The van der Waals surface area contributed by atoms with Crippen molar-refractivity contribution in [3.8, 4) is 55.6 Å². The monoisotopic (exact) mass is 482 g/mol. The van der Waals surface area contributed by atoms with Gasteiger partial charge in [-0.3, -0.25) is 0 Å². The van der Waals surface area contributed by atoms with Crippen LogP contribution in [0.3, 0.4) is 0 Å². The Morgan fingerprint density at radius 1 is 0.289 bits per heavy atom. The highest BCUT2D eigenvalue weighted by Crippen LogP contribution is 2.43. The van der Waals surface area contributed by atoms with E-state index in [9.17, 15) is 0 Å². The van der Waals surface area contributed by atoms with Gasteiger partial charge in [0.1, 0.15) is 0 Å². The van der Waals surface area contributed by atoms with Gasteiger partial charge in [-0.05, 0) is 103 Å². The third kappa shape index (κ3) is 3.31. The van der Waals surface area contributed by atoms with E-state index in [-0.39, 0.29) is 0 Å². The number of benzene rings is 6. The molecule has 0 heteroatoms. The van der Waals surface area contributed by atoms with Crippen molar-refractivity contribution in [1.82, 2.24) is 0 Å². The number of hydrogen-bond acceptors (Lipinski definition) is 0. The Morgan fingerprint density at radius 2 is 0.658 bits per heavy atom. The molecular formula is C38H26. The van der Waals surface area contributed by atoms with Crippen LogP contribution < -0.4 is 0 Å². The van der Waals surface area contributed by atoms with E-state index >= 15 is 0 Å². The van der Waals surface area contributed by atoms with Crippen LogP contribution in [0.5, 0.6) is 0 Å². The molecule has 6 aromatic carbocycles. The molecule has 0 saturated heterocycles. The largest absolute Gasteiger partial charge is 0.0619 e. The molecule has 0 fully saturated rings. The quantitative estimate of drug-likeness (QED) is 0.235. The highest BCUT2D eigenvalue weighted by atomic mass is 14.3. The van der Waals surface area contributed by atoms with Gasteiger partial charge in [0, 0.05) is 0 Å². The van der Waals surface area contributed by atoms with E-state index in [4.69, 9.17) is 0 Å². The second-order valence-electron chi connectivity index (χ2n) is 10.5. The molecular weight excluding hydrogens is 456 g/mol. The summed E-state index contributed by atoms with van der Waals surface area (Å²) in [6.07, 6.45) is 2.01. The average Bonchev–Trinajstić information content (AvgIpc) is 3.56. The van der Waals surface area contributed by atoms with Crippen molar-refractivity contribution in [3.63, 3.8) is 0 Å². The van der Waals surface area contributed by atoms with E-state index in [1.807, 2.05) is 0 Å². The zero-order chi connectivity index (χ0) is 25.1. The van der Waals surface area contributed by atoms with Gasteiger partial charge in [0.2, 0.25) is 0 Å². The second kappa shape index (κ2) is 8.43. The predicted molar refractivity (Wildman–Crippen MR) is 159 cm³/mol. The minimum absolute atomic E-state index is 1.00. The van der Waals surface area contributed by atoms with E-state index in [1.165, 1.54) is 77.9 Å². The van der Waals surface area contributed by atoms with E-state index in [0.717, 1.165) is 12.8 Å². The summed E-state index contributed by atoms with van der Waals surface area (Å²) in [4.78, 5) is 0. The summed E-state index contributed by atoms with van der Waals surface area (Å²) in [7, 11) is 0.